The Bertz CT molecular complexity index is 744. The molecule has 4 rings (SSSR count). The van der Waals surface area contributed by atoms with Crippen LogP contribution in [0.1, 0.15) is 72.1 Å². The summed E-state index contributed by atoms with van der Waals surface area (Å²) in [6.07, 6.45) is -0.377. The number of hydrogen-bond acceptors (Lipinski definition) is 3. The number of aliphatic hydroxyl groups is 1. The Labute approximate surface area is 181 Å². The van der Waals surface area contributed by atoms with Crippen LogP contribution in [0.3, 0.4) is 0 Å². The van der Waals surface area contributed by atoms with Gasteiger partial charge in [-0.1, -0.05) is 13.8 Å². The van der Waals surface area contributed by atoms with Crippen LogP contribution < -0.4 is 10.6 Å². The molecular weight excluding hydrogens is 409 g/mol. The van der Waals surface area contributed by atoms with Crippen LogP contribution >= 0.6 is 0 Å². The fourth-order valence-corrected chi connectivity index (χ4v) is 7.82. The Hall–Kier alpha value is -1.31. The van der Waals surface area contributed by atoms with Crippen molar-refractivity contribution in [3.63, 3.8) is 0 Å². The van der Waals surface area contributed by atoms with Gasteiger partial charge < -0.3 is 15.7 Å². The topological polar surface area (TPSA) is 78.4 Å². The van der Waals surface area contributed by atoms with E-state index in [1.54, 1.807) is 0 Å². The summed E-state index contributed by atoms with van der Waals surface area (Å²) in [5.74, 6) is 0.847. The molecule has 1 saturated heterocycles. The first-order chi connectivity index (χ1) is 14.4. The van der Waals surface area contributed by atoms with Crippen molar-refractivity contribution < 1.29 is 27.9 Å². The van der Waals surface area contributed by atoms with Gasteiger partial charge in [-0.25, -0.2) is 0 Å². The maximum atomic E-state index is 13.0. The first kappa shape index (κ1) is 22.9. The molecule has 3 saturated carbocycles. The number of halogens is 3. The molecule has 0 bridgehead atoms. The van der Waals surface area contributed by atoms with E-state index in [2.05, 4.69) is 24.5 Å². The molecule has 8 heteroatoms. The second-order valence-corrected chi connectivity index (χ2v) is 11.0. The van der Waals surface area contributed by atoms with Gasteiger partial charge in [-0.2, -0.15) is 13.2 Å². The highest BCUT2D eigenvalue weighted by molar-refractivity contribution is 5.80. The highest BCUT2D eigenvalue weighted by Crippen LogP contribution is 2.65. The zero-order chi connectivity index (χ0) is 22.8. The summed E-state index contributed by atoms with van der Waals surface area (Å²) in [6.45, 7) is 5.67. The number of carbonyl (C=O) groups is 2. The molecule has 3 aliphatic carbocycles. The van der Waals surface area contributed by atoms with Crippen molar-refractivity contribution in [3.8, 4) is 0 Å². The number of rotatable bonds is 3. The summed E-state index contributed by atoms with van der Waals surface area (Å²) in [6, 6.07) is -1.14. The minimum absolute atomic E-state index is 0.0871. The maximum Gasteiger partial charge on any atom is 0.416 e. The average Bonchev–Trinajstić information content (AvgIpc) is 3.04. The van der Waals surface area contributed by atoms with E-state index in [0.717, 1.165) is 38.5 Å². The van der Waals surface area contributed by atoms with Crippen molar-refractivity contribution in [2.45, 2.75) is 96.5 Å². The van der Waals surface area contributed by atoms with Crippen molar-refractivity contribution in [1.82, 2.24) is 10.6 Å². The molecule has 4 aliphatic rings. The van der Waals surface area contributed by atoms with E-state index in [1.165, 1.54) is 6.92 Å². The zero-order valence-electron chi connectivity index (χ0n) is 18.6. The van der Waals surface area contributed by atoms with E-state index < -0.39 is 18.3 Å². The molecule has 5 nitrogen and oxygen atoms in total. The largest absolute Gasteiger partial charge is 0.416 e. The Kier molecular flexibility index (Phi) is 5.63. The van der Waals surface area contributed by atoms with Gasteiger partial charge in [0.2, 0.25) is 11.8 Å². The van der Waals surface area contributed by atoms with Crippen LogP contribution in [0.5, 0.6) is 0 Å². The van der Waals surface area contributed by atoms with Crippen LogP contribution in [0.15, 0.2) is 0 Å². The molecule has 2 unspecified atom stereocenters. The fraction of sp³-hybridized carbons (Fsp3) is 0.913. The summed E-state index contributed by atoms with van der Waals surface area (Å²) in [5.41, 5.74) is -0.140. The van der Waals surface area contributed by atoms with E-state index in [0.29, 0.717) is 30.6 Å². The van der Waals surface area contributed by atoms with Crippen LogP contribution in [-0.4, -0.2) is 41.3 Å². The van der Waals surface area contributed by atoms with E-state index >= 15 is 0 Å². The minimum Gasteiger partial charge on any atom is -0.382 e. The maximum absolute atomic E-state index is 13.0. The molecule has 1 aliphatic heterocycles. The van der Waals surface area contributed by atoms with Gasteiger partial charge in [0.05, 0.1) is 6.04 Å². The number of aliphatic hydroxyl groups excluding tert-OH is 1. The van der Waals surface area contributed by atoms with E-state index in [4.69, 9.17) is 0 Å². The first-order valence-corrected chi connectivity index (χ1v) is 11.7. The SMILES string of the molecule is CC(NC(=O)[C@H]1CC[C@H]2[C@@H]3CC[C@H]4NC(=O)CC[C@]4(C)[C@H]3CC[C@]12C)C(O)C(F)(F)F. The molecule has 176 valence electrons. The zero-order valence-corrected chi connectivity index (χ0v) is 18.6. The lowest BCUT2D eigenvalue weighted by atomic mass is 9.47. The Morgan fingerprint density at radius 3 is 2.45 bits per heavy atom. The molecule has 0 aromatic rings. The first-order valence-electron chi connectivity index (χ1n) is 11.7. The van der Waals surface area contributed by atoms with Crippen LogP contribution in [0.4, 0.5) is 13.2 Å². The summed E-state index contributed by atoms with van der Waals surface area (Å²) >= 11 is 0. The van der Waals surface area contributed by atoms with Gasteiger partial charge in [0.25, 0.3) is 0 Å². The normalized spacial score (nSPS) is 44.4. The molecular formula is C23H35F3N2O3. The van der Waals surface area contributed by atoms with Crippen LogP contribution in [-0.2, 0) is 9.59 Å². The number of carbonyl (C=O) groups excluding carboxylic acids is 2. The van der Waals surface area contributed by atoms with Gasteiger partial charge in [-0.15, -0.1) is 0 Å². The smallest absolute Gasteiger partial charge is 0.382 e. The van der Waals surface area contributed by atoms with Gasteiger partial charge >= 0.3 is 6.18 Å². The third-order valence-corrected chi connectivity index (χ3v) is 9.59. The monoisotopic (exact) mass is 444 g/mol. The fourth-order valence-electron chi connectivity index (χ4n) is 7.82. The molecule has 0 radical (unpaired) electrons. The number of fused-ring (bicyclic) bond motifs is 5. The van der Waals surface area contributed by atoms with Gasteiger partial charge in [0.15, 0.2) is 6.10 Å². The molecule has 9 atom stereocenters. The number of nitrogens with one attached hydrogen (secondary N) is 2. The third kappa shape index (κ3) is 3.66. The van der Waals surface area contributed by atoms with Gasteiger partial charge in [0, 0.05) is 18.4 Å². The Balaban J connectivity index is 1.48. The van der Waals surface area contributed by atoms with Crippen molar-refractivity contribution in [1.29, 1.82) is 0 Å². The number of alkyl halides is 3. The molecule has 4 fully saturated rings. The molecule has 0 aromatic heterocycles. The highest BCUT2D eigenvalue weighted by Gasteiger charge is 2.61. The Morgan fingerprint density at radius 2 is 1.77 bits per heavy atom. The van der Waals surface area contributed by atoms with E-state index in [1.807, 2.05) is 0 Å². The molecule has 3 N–H and O–H groups in total. The third-order valence-electron chi connectivity index (χ3n) is 9.59. The van der Waals surface area contributed by atoms with E-state index in [9.17, 15) is 27.9 Å². The number of amides is 2. The van der Waals surface area contributed by atoms with Gasteiger partial charge in [0.1, 0.15) is 0 Å². The summed E-state index contributed by atoms with van der Waals surface area (Å²) in [4.78, 5) is 24.9. The summed E-state index contributed by atoms with van der Waals surface area (Å²) < 4.78 is 38.5. The number of piperidine rings is 1. The van der Waals surface area contributed by atoms with Gasteiger partial charge in [-0.05, 0) is 80.5 Å². The second kappa shape index (κ2) is 7.63. The summed E-state index contributed by atoms with van der Waals surface area (Å²) in [7, 11) is 0. The predicted octanol–water partition coefficient (Wildman–Crippen LogP) is 3.55. The molecule has 0 aromatic carbocycles. The average molecular weight is 445 g/mol. The second-order valence-electron chi connectivity index (χ2n) is 11.0. The predicted molar refractivity (Wildman–Crippen MR) is 109 cm³/mol. The standard InChI is InChI=1S/C23H35F3N2O3/c1-12(19(30)23(24,25)26)27-20(31)16-6-5-14-13-4-7-17-22(3,11-9-18(29)28-17)15(13)8-10-21(14,16)2/h12-17,19,30H,4-11H2,1-3H3,(H,27,31)(H,28,29)/t12?,13-,14-,15-,16+,17+,19?,21-,22+/m0/s1. The quantitative estimate of drug-likeness (QED) is 0.623. The lowest BCUT2D eigenvalue weighted by Crippen LogP contribution is -2.61. The lowest BCUT2D eigenvalue weighted by molar-refractivity contribution is -0.211. The van der Waals surface area contributed by atoms with Crippen LogP contribution in [0.25, 0.3) is 0 Å². The van der Waals surface area contributed by atoms with Crippen molar-refractivity contribution in [2.24, 2.45) is 34.5 Å². The molecule has 31 heavy (non-hydrogen) atoms. The Morgan fingerprint density at radius 1 is 1.10 bits per heavy atom. The molecule has 2 amide bonds. The van der Waals surface area contributed by atoms with Gasteiger partial charge in [-0.3, -0.25) is 9.59 Å². The lowest BCUT2D eigenvalue weighted by Gasteiger charge is -2.60. The molecule has 1 heterocycles. The van der Waals surface area contributed by atoms with Crippen LogP contribution in [0, 0.1) is 34.5 Å². The van der Waals surface area contributed by atoms with Crippen molar-refractivity contribution in [2.75, 3.05) is 0 Å². The number of hydrogen-bond donors (Lipinski definition) is 3. The van der Waals surface area contributed by atoms with Crippen LogP contribution in [0.2, 0.25) is 0 Å². The molecule has 0 spiro atoms. The van der Waals surface area contributed by atoms with Crippen molar-refractivity contribution >= 4 is 11.8 Å². The highest BCUT2D eigenvalue weighted by atomic mass is 19.4. The van der Waals surface area contributed by atoms with Crippen molar-refractivity contribution in [3.05, 3.63) is 0 Å². The minimum atomic E-state index is -4.75. The summed E-state index contributed by atoms with van der Waals surface area (Å²) in [5, 5.41) is 15.2. The van der Waals surface area contributed by atoms with E-state index in [-0.39, 0.29) is 34.6 Å².